The van der Waals surface area contributed by atoms with E-state index in [0.717, 1.165) is 18.7 Å². The summed E-state index contributed by atoms with van der Waals surface area (Å²) in [6.45, 7) is 10.4. The van der Waals surface area contributed by atoms with E-state index in [2.05, 4.69) is 41.6 Å². The number of hydrogen-bond acceptors (Lipinski definition) is 5. The third kappa shape index (κ3) is 5.38. The van der Waals surface area contributed by atoms with Crippen LogP contribution in [0.15, 0.2) is 41.5 Å². The van der Waals surface area contributed by atoms with Crippen LogP contribution in [0.5, 0.6) is 0 Å². The number of anilines is 1. The van der Waals surface area contributed by atoms with Crippen LogP contribution >= 0.6 is 23.2 Å². The van der Waals surface area contributed by atoms with E-state index in [-0.39, 0.29) is 22.3 Å². The summed E-state index contributed by atoms with van der Waals surface area (Å²) in [5.74, 6) is -2.02. The molecule has 1 aliphatic carbocycles. The van der Waals surface area contributed by atoms with Gasteiger partial charge in [0.2, 0.25) is 11.8 Å². The first-order chi connectivity index (χ1) is 18.5. The molecule has 39 heavy (non-hydrogen) atoms. The highest BCUT2D eigenvalue weighted by atomic mass is 35.5. The molecule has 1 aromatic carbocycles. The zero-order valence-corrected chi connectivity index (χ0v) is 24.1. The number of amides is 2. The Morgan fingerprint density at radius 1 is 1.26 bits per heavy atom. The fourth-order valence-electron chi connectivity index (χ4n) is 6.77. The molecule has 3 heterocycles. The molecule has 0 saturated carbocycles. The molecular formula is C29H37Cl2FN4O3. The summed E-state index contributed by atoms with van der Waals surface area (Å²) in [4.78, 5) is 30.3. The largest absolute Gasteiger partial charge is 0.379 e. The molecule has 3 aliphatic heterocycles. The van der Waals surface area contributed by atoms with Crippen LogP contribution in [0, 0.1) is 17.3 Å². The van der Waals surface area contributed by atoms with Gasteiger partial charge in [0.1, 0.15) is 6.17 Å². The zero-order valence-electron chi connectivity index (χ0n) is 22.6. The smallest absolute Gasteiger partial charge is 0.237 e. The summed E-state index contributed by atoms with van der Waals surface area (Å²) in [5.41, 5.74) is -0.0451. The van der Waals surface area contributed by atoms with Gasteiger partial charge in [0.15, 0.2) is 0 Å². The Labute approximate surface area is 239 Å². The predicted molar refractivity (Wildman–Crippen MR) is 152 cm³/mol. The molecule has 212 valence electrons. The molecule has 3 N–H and O–H groups in total. The molecule has 2 saturated heterocycles. The highest BCUT2D eigenvalue weighted by Crippen LogP contribution is 2.56. The number of rotatable bonds is 6. The number of nitrogens with one attached hydrogen (secondary N) is 3. The number of fused-ring (bicyclic) bond motifs is 2. The minimum atomic E-state index is -1.54. The van der Waals surface area contributed by atoms with E-state index < -0.39 is 35.5 Å². The number of allylic oxidation sites excluding steroid dienone is 4. The summed E-state index contributed by atoms with van der Waals surface area (Å²) in [5, 5.41) is 10.2. The van der Waals surface area contributed by atoms with Crippen LogP contribution in [0.1, 0.15) is 32.8 Å². The Bertz CT molecular complexity index is 1180. The average Bonchev–Trinajstić information content (AvgIpc) is 3.35. The van der Waals surface area contributed by atoms with Crippen molar-refractivity contribution in [3.63, 3.8) is 0 Å². The van der Waals surface area contributed by atoms with Gasteiger partial charge in [-0.3, -0.25) is 14.5 Å². The van der Waals surface area contributed by atoms with Gasteiger partial charge in [0.25, 0.3) is 0 Å². The highest BCUT2D eigenvalue weighted by Gasteiger charge is 2.67. The van der Waals surface area contributed by atoms with Crippen LogP contribution in [0.3, 0.4) is 0 Å². The van der Waals surface area contributed by atoms with Gasteiger partial charge in [0, 0.05) is 54.8 Å². The predicted octanol–water partition coefficient (Wildman–Crippen LogP) is 4.02. The monoisotopic (exact) mass is 578 g/mol. The van der Waals surface area contributed by atoms with Gasteiger partial charge in [-0.05, 0) is 35.6 Å². The van der Waals surface area contributed by atoms with E-state index in [4.69, 9.17) is 27.9 Å². The Morgan fingerprint density at radius 3 is 2.72 bits per heavy atom. The van der Waals surface area contributed by atoms with Gasteiger partial charge in [-0.2, -0.15) is 0 Å². The maximum absolute atomic E-state index is 15.9. The minimum absolute atomic E-state index is 0.0677. The first kappa shape index (κ1) is 28.6. The number of alkyl halides is 1. The van der Waals surface area contributed by atoms with Gasteiger partial charge in [-0.1, -0.05) is 62.2 Å². The van der Waals surface area contributed by atoms with E-state index in [0.29, 0.717) is 43.4 Å². The summed E-state index contributed by atoms with van der Waals surface area (Å²) < 4.78 is 21.3. The molecule has 4 aliphatic rings. The summed E-state index contributed by atoms with van der Waals surface area (Å²) in [7, 11) is 0. The molecule has 2 amide bonds. The molecule has 1 aromatic rings. The average molecular weight is 580 g/mol. The van der Waals surface area contributed by atoms with Crippen molar-refractivity contribution < 1.29 is 18.7 Å². The number of halogens is 3. The van der Waals surface area contributed by atoms with Gasteiger partial charge < -0.3 is 20.7 Å². The molecule has 0 aromatic heterocycles. The fourth-order valence-corrected chi connectivity index (χ4v) is 7.16. The first-order valence-electron chi connectivity index (χ1n) is 13.7. The van der Waals surface area contributed by atoms with E-state index in [9.17, 15) is 9.59 Å². The van der Waals surface area contributed by atoms with E-state index in [1.54, 1.807) is 24.3 Å². The molecule has 2 fully saturated rings. The minimum Gasteiger partial charge on any atom is -0.379 e. The standard InChI is InChI=1S/C29H37Cl2FN4O3/c1-28(2,3)16-22-29(19-8-7-17(30)15-21(19)34-27(29)38)23(18-5-4-6-20(31)24(18)32)25(35-22)26(37)33-9-10-36-11-13-39-14-12-36/h4-8,15,18,22-25,35H,9-14,16H2,1-3H3,(H,33,37)(H,34,38)/t18?,22-,23+,24?,25-,29+/m1/s1. The highest BCUT2D eigenvalue weighted by molar-refractivity contribution is 6.31. The quantitative estimate of drug-likeness (QED) is 0.475. The molecule has 0 radical (unpaired) electrons. The fraction of sp³-hybridized carbons (Fsp3) is 0.586. The van der Waals surface area contributed by atoms with Crippen LogP contribution in [0.25, 0.3) is 0 Å². The Morgan fingerprint density at radius 2 is 2.00 bits per heavy atom. The number of benzene rings is 1. The van der Waals surface area contributed by atoms with Crippen molar-refractivity contribution in [1.82, 2.24) is 15.5 Å². The van der Waals surface area contributed by atoms with Crippen molar-refractivity contribution in [2.75, 3.05) is 44.7 Å². The lowest BCUT2D eigenvalue weighted by Gasteiger charge is -2.41. The summed E-state index contributed by atoms with van der Waals surface area (Å²) in [6.07, 6.45) is 4.05. The normalized spacial score (nSPS) is 32.7. The number of carbonyl (C=O) groups is 2. The van der Waals surface area contributed by atoms with Gasteiger partial charge >= 0.3 is 0 Å². The van der Waals surface area contributed by atoms with E-state index in [1.165, 1.54) is 6.08 Å². The second-order valence-electron chi connectivity index (χ2n) is 12.2. The molecule has 1 spiro atoms. The van der Waals surface area contributed by atoms with Crippen LogP contribution in [0.4, 0.5) is 10.1 Å². The maximum atomic E-state index is 15.9. The van der Waals surface area contributed by atoms with Crippen molar-refractivity contribution in [2.24, 2.45) is 17.3 Å². The van der Waals surface area contributed by atoms with Crippen molar-refractivity contribution in [3.05, 3.63) is 52.0 Å². The third-order valence-corrected chi connectivity index (χ3v) is 8.97. The molecule has 7 nitrogen and oxygen atoms in total. The van der Waals surface area contributed by atoms with Crippen molar-refractivity contribution in [1.29, 1.82) is 0 Å². The van der Waals surface area contributed by atoms with Crippen molar-refractivity contribution >= 4 is 40.7 Å². The van der Waals surface area contributed by atoms with Crippen molar-refractivity contribution in [3.8, 4) is 0 Å². The third-order valence-electron chi connectivity index (χ3n) is 8.40. The molecule has 5 rings (SSSR count). The van der Waals surface area contributed by atoms with Crippen LogP contribution in [-0.2, 0) is 19.7 Å². The molecule has 0 bridgehead atoms. The van der Waals surface area contributed by atoms with Crippen LogP contribution in [-0.4, -0.2) is 74.4 Å². The number of nitrogens with zero attached hydrogens (tertiary/aromatic N) is 1. The molecular weight excluding hydrogens is 542 g/mol. The lowest BCUT2D eigenvalue weighted by Crippen LogP contribution is -2.54. The van der Waals surface area contributed by atoms with Gasteiger partial charge in [-0.15, -0.1) is 0 Å². The molecule has 2 unspecified atom stereocenters. The van der Waals surface area contributed by atoms with Crippen LogP contribution in [0.2, 0.25) is 5.02 Å². The molecule has 10 heteroatoms. The summed E-state index contributed by atoms with van der Waals surface area (Å²) in [6, 6.07) is 4.08. The van der Waals surface area contributed by atoms with Gasteiger partial charge in [0.05, 0.1) is 29.7 Å². The Kier molecular flexibility index (Phi) is 8.15. The lowest BCUT2D eigenvalue weighted by atomic mass is 9.59. The van der Waals surface area contributed by atoms with E-state index in [1.807, 2.05) is 6.07 Å². The number of carbonyl (C=O) groups excluding carboxylic acids is 2. The second-order valence-corrected chi connectivity index (χ2v) is 13.0. The Hall–Kier alpha value is -1.97. The summed E-state index contributed by atoms with van der Waals surface area (Å²) >= 11 is 12.6. The van der Waals surface area contributed by atoms with E-state index >= 15 is 4.39 Å². The SMILES string of the molecule is CC(C)(C)C[C@H]1N[C@@H](C(=O)NCCN2CCOCC2)[C@H](C2C=CC=C(Cl)C2F)[C@@]12C(=O)Nc1cc(Cl)ccc12. The second kappa shape index (κ2) is 11.1. The topological polar surface area (TPSA) is 82.7 Å². The Balaban J connectivity index is 1.55. The van der Waals surface area contributed by atoms with Crippen molar-refractivity contribution in [2.45, 2.75) is 50.9 Å². The number of hydrogen-bond donors (Lipinski definition) is 3. The zero-order chi connectivity index (χ0) is 27.9. The lowest BCUT2D eigenvalue weighted by molar-refractivity contribution is -0.126. The number of morpholine rings is 1. The molecule has 6 atom stereocenters. The van der Waals surface area contributed by atoms with Gasteiger partial charge in [-0.25, -0.2) is 4.39 Å². The maximum Gasteiger partial charge on any atom is 0.237 e. The van der Waals surface area contributed by atoms with Crippen LogP contribution < -0.4 is 16.0 Å². The number of ether oxygens (including phenoxy) is 1. The first-order valence-corrected chi connectivity index (χ1v) is 14.4.